The van der Waals surface area contributed by atoms with Crippen molar-refractivity contribution in [2.24, 2.45) is 0 Å². The van der Waals surface area contributed by atoms with E-state index >= 15 is 0 Å². The van der Waals surface area contributed by atoms with Crippen molar-refractivity contribution in [1.82, 2.24) is 9.62 Å². The number of sulfonamides is 1. The molecule has 0 atom stereocenters. The Kier molecular flexibility index (Phi) is 7.62. The average Bonchev–Trinajstić information content (AvgIpc) is 3.29. The first-order valence-electron chi connectivity index (χ1n) is 9.51. The smallest absolute Gasteiger partial charge is 0.253 e. The first kappa shape index (κ1) is 22.0. The van der Waals surface area contributed by atoms with Crippen LogP contribution < -0.4 is 9.46 Å². The molecule has 0 fully saturated rings. The molecule has 0 spiro atoms. The Hall–Kier alpha value is -2.68. The van der Waals surface area contributed by atoms with E-state index in [1.165, 1.54) is 23.5 Å². The highest BCUT2D eigenvalue weighted by Gasteiger charge is 2.18. The van der Waals surface area contributed by atoms with Crippen LogP contribution in [0.2, 0.25) is 0 Å². The van der Waals surface area contributed by atoms with Gasteiger partial charge in [-0.15, -0.1) is 11.3 Å². The van der Waals surface area contributed by atoms with Crippen LogP contribution >= 0.6 is 11.3 Å². The first-order valence-corrected chi connectivity index (χ1v) is 11.9. The normalized spacial score (nSPS) is 11.2. The van der Waals surface area contributed by atoms with Crippen molar-refractivity contribution in [3.8, 4) is 5.75 Å². The Balaban J connectivity index is 1.55. The van der Waals surface area contributed by atoms with E-state index in [1.54, 1.807) is 24.1 Å². The van der Waals surface area contributed by atoms with E-state index in [0.717, 1.165) is 10.6 Å². The molecule has 0 radical (unpaired) electrons. The van der Waals surface area contributed by atoms with Gasteiger partial charge in [0.1, 0.15) is 5.75 Å². The van der Waals surface area contributed by atoms with Gasteiger partial charge in [0, 0.05) is 30.6 Å². The Morgan fingerprint density at radius 3 is 2.60 bits per heavy atom. The van der Waals surface area contributed by atoms with E-state index in [-0.39, 0.29) is 17.3 Å². The second-order valence-electron chi connectivity index (χ2n) is 6.67. The number of para-hydroxylation sites is 1. The lowest BCUT2D eigenvalue weighted by atomic mass is 10.2. The maximum absolute atomic E-state index is 12.7. The molecule has 0 aliphatic rings. The van der Waals surface area contributed by atoms with Crippen LogP contribution in [0.15, 0.2) is 77.0 Å². The predicted molar refractivity (Wildman–Crippen MR) is 118 cm³/mol. The molecule has 1 heterocycles. The summed E-state index contributed by atoms with van der Waals surface area (Å²) in [6, 6.07) is 19.3. The number of nitrogens with zero attached hydrogens (tertiary/aromatic N) is 1. The summed E-state index contributed by atoms with van der Waals surface area (Å²) in [5.41, 5.74) is 0.334. The van der Waals surface area contributed by atoms with E-state index in [0.29, 0.717) is 25.1 Å². The van der Waals surface area contributed by atoms with E-state index < -0.39 is 10.0 Å². The van der Waals surface area contributed by atoms with Gasteiger partial charge in [0.2, 0.25) is 10.0 Å². The van der Waals surface area contributed by atoms with Gasteiger partial charge < -0.3 is 9.64 Å². The fraction of sp³-hybridized carbons (Fsp3) is 0.227. The summed E-state index contributed by atoms with van der Waals surface area (Å²) in [7, 11) is -2.01. The third-order valence-corrected chi connectivity index (χ3v) is 6.68. The standard InChI is InChI=1S/C22H24N2O4S2/c1-24(13-7-14-28-19-9-3-2-4-10-19)22(25)18-8-5-12-21(16-18)30(26,27)23-17-20-11-6-15-29-20/h2-6,8-12,15-16,23H,7,13-14,17H2,1H3. The molecule has 3 rings (SSSR count). The van der Waals surface area contributed by atoms with Crippen molar-refractivity contribution >= 4 is 27.3 Å². The first-order chi connectivity index (χ1) is 14.5. The monoisotopic (exact) mass is 444 g/mol. The van der Waals surface area contributed by atoms with Crippen LogP contribution in [-0.4, -0.2) is 39.4 Å². The minimum absolute atomic E-state index is 0.0747. The zero-order valence-electron chi connectivity index (χ0n) is 16.7. The van der Waals surface area contributed by atoms with E-state index in [2.05, 4.69) is 4.72 Å². The molecule has 0 aliphatic carbocycles. The number of thiophene rings is 1. The van der Waals surface area contributed by atoms with Gasteiger partial charge in [-0.05, 0) is 48.2 Å². The Morgan fingerprint density at radius 2 is 1.87 bits per heavy atom. The van der Waals surface area contributed by atoms with E-state index in [4.69, 9.17) is 4.74 Å². The fourth-order valence-corrected chi connectivity index (χ4v) is 4.58. The van der Waals surface area contributed by atoms with Gasteiger partial charge in [-0.3, -0.25) is 4.79 Å². The molecule has 0 saturated carbocycles. The molecular weight excluding hydrogens is 420 g/mol. The number of benzene rings is 2. The third kappa shape index (κ3) is 6.16. The summed E-state index contributed by atoms with van der Waals surface area (Å²) in [6.45, 7) is 1.21. The van der Waals surface area contributed by atoms with Gasteiger partial charge >= 0.3 is 0 Å². The minimum Gasteiger partial charge on any atom is -0.494 e. The molecule has 1 aromatic heterocycles. The highest BCUT2D eigenvalue weighted by molar-refractivity contribution is 7.89. The van der Waals surface area contributed by atoms with Crippen LogP contribution in [0.1, 0.15) is 21.7 Å². The molecule has 8 heteroatoms. The number of hydrogen-bond donors (Lipinski definition) is 1. The highest BCUT2D eigenvalue weighted by Crippen LogP contribution is 2.15. The molecule has 0 bridgehead atoms. The molecule has 0 aliphatic heterocycles. The number of carbonyl (C=O) groups is 1. The predicted octanol–water partition coefficient (Wildman–Crippen LogP) is 3.77. The minimum atomic E-state index is -3.70. The Bertz CT molecular complexity index is 1050. The van der Waals surface area contributed by atoms with Crippen molar-refractivity contribution in [3.05, 3.63) is 82.6 Å². The molecule has 3 aromatic rings. The zero-order chi connectivity index (χ0) is 21.4. The summed E-state index contributed by atoms with van der Waals surface area (Å²) in [4.78, 5) is 15.3. The molecule has 0 unspecified atom stereocenters. The number of carbonyl (C=O) groups excluding carboxylic acids is 1. The van der Waals surface area contributed by atoms with Gasteiger partial charge in [0.15, 0.2) is 0 Å². The lowest BCUT2D eigenvalue weighted by Gasteiger charge is -2.18. The molecule has 1 N–H and O–H groups in total. The molecule has 2 aromatic carbocycles. The van der Waals surface area contributed by atoms with Gasteiger partial charge in [0.25, 0.3) is 5.91 Å². The van der Waals surface area contributed by atoms with Crippen LogP contribution in [-0.2, 0) is 16.6 Å². The van der Waals surface area contributed by atoms with Crippen LogP contribution in [0.25, 0.3) is 0 Å². The molecule has 1 amide bonds. The number of rotatable bonds is 10. The quantitative estimate of drug-likeness (QED) is 0.483. The lowest BCUT2D eigenvalue weighted by Crippen LogP contribution is -2.29. The molecule has 158 valence electrons. The summed E-state index contributed by atoms with van der Waals surface area (Å²) < 4.78 is 33.3. The number of hydrogen-bond acceptors (Lipinski definition) is 5. The second kappa shape index (κ2) is 10.4. The second-order valence-corrected chi connectivity index (χ2v) is 9.47. The molecule has 6 nitrogen and oxygen atoms in total. The topological polar surface area (TPSA) is 75.7 Å². The SMILES string of the molecule is CN(CCCOc1ccccc1)C(=O)c1cccc(S(=O)(=O)NCc2cccs2)c1. The van der Waals surface area contributed by atoms with Gasteiger partial charge in [0.05, 0.1) is 11.5 Å². The molecule has 30 heavy (non-hydrogen) atoms. The van der Waals surface area contributed by atoms with Crippen LogP contribution in [0.3, 0.4) is 0 Å². The maximum Gasteiger partial charge on any atom is 0.253 e. The molecular formula is C22H24N2O4S2. The third-order valence-electron chi connectivity index (χ3n) is 4.40. The lowest BCUT2D eigenvalue weighted by molar-refractivity contribution is 0.0787. The largest absolute Gasteiger partial charge is 0.494 e. The van der Waals surface area contributed by atoms with Crippen LogP contribution in [0, 0.1) is 0 Å². The van der Waals surface area contributed by atoms with Crippen molar-refractivity contribution in [2.75, 3.05) is 20.2 Å². The van der Waals surface area contributed by atoms with Gasteiger partial charge in [-0.2, -0.15) is 0 Å². The van der Waals surface area contributed by atoms with Crippen molar-refractivity contribution in [3.63, 3.8) is 0 Å². The number of ether oxygens (including phenoxy) is 1. The molecule has 0 saturated heterocycles. The number of amides is 1. The summed E-state index contributed by atoms with van der Waals surface area (Å²) >= 11 is 1.48. The van der Waals surface area contributed by atoms with Crippen molar-refractivity contribution in [1.29, 1.82) is 0 Å². The summed E-state index contributed by atoms with van der Waals surface area (Å²) in [6.07, 6.45) is 0.664. The Labute approximate surface area is 181 Å². The van der Waals surface area contributed by atoms with Gasteiger partial charge in [-0.25, -0.2) is 13.1 Å². The van der Waals surface area contributed by atoms with Crippen molar-refractivity contribution < 1.29 is 17.9 Å². The highest BCUT2D eigenvalue weighted by atomic mass is 32.2. The zero-order valence-corrected chi connectivity index (χ0v) is 18.3. The van der Waals surface area contributed by atoms with Crippen LogP contribution in [0.5, 0.6) is 5.75 Å². The van der Waals surface area contributed by atoms with Crippen molar-refractivity contribution in [2.45, 2.75) is 17.9 Å². The summed E-state index contributed by atoms with van der Waals surface area (Å²) in [5.74, 6) is 0.560. The maximum atomic E-state index is 12.7. The fourth-order valence-electron chi connectivity index (χ4n) is 2.79. The van der Waals surface area contributed by atoms with Crippen LogP contribution in [0.4, 0.5) is 0 Å². The van der Waals surface area contributed by atoms with Gasteiger partial charge in [-0.1, -0.05) is 30.3 Å². The summed E-state index contributed by atoms with van der Waals surface area (Å²) in [5, 5.41) is 1.89. The number of nitrogens with one attached hydrogen (secondary N) is 1. The Morgan fingerprint density at radius 1 is 1.07 bits per heavy atom. The average molecular weight is 445 g/mol. The van der Waals surface area contributed by atoms with E-state index in [9.17, 15) is 13.2 Å². The van der Waals surface area contributed by atoms with E-state index in [1.807, 2.05) is 47.8 Å².